The summed E-state index contributed by atoms with van der Waals surface area (Å²) < 4.78 is 0. The van der Waals surface area contributed by atoms with Crippen molar-refractivity contribution < 1.29 is 26.2 Å². The van der Waals surface area contributed by atoms with Gasteiger partial charge in [0, 0.05) is 0 Å². The van der Waals surface area contributed by atoms with Gasteiger partial charge in [0.2, 0.25) is 0 Å². The Labute approximate surface area is 162 Å². The summed E-state index contributed by atoms with van der Waals surface area (Å²) in [6.07, 6.45) is 29.0. The molecule has 22 heavy (non-hydrogen) atoms. The van der Waals surface area contributed by atoms with Crippen LogP contribution in [0.25, 0.3) is 0 Å². The molecule has 3 aliphatic carbocycles. The topological polar surface area (TPSA) is 0 Å². The quantitative estimate of drug-likeness (QED) is 0.377. The molecule has 2 fully saturated rings. The van der Waals surface area contributed by atoms with Crippen LogP contribution in [0.15, 0.2) is 6.08 Å². The van der Waals surface area contributed by atoms with Gasteiger partial charge in [-0.1, -0.05) is 0 Å². The largest absolute Gasteiger partial charge is 2.00 e. The molecule has 0 spiro atoms. The zero-order valence-electron chi connectivity index (χ0n) is 14.4. The molecule has 3 rings (SSSR count). The Morgan fingerprint density at radius 2 is 1.09 bits per heavy atom. The molecule has 0 bridgehead atoms. The third-order valence-electron chi connectivity index (χ3n) is 2.35. The Kier molecular flexibility index (Phi) is 22.8. The molecule has 2 saturated carbocycles. The predicted octanol–water partition coefficient (Wildman–Crippen LogP) is 5.52. The van der Waals surface area contributed by atoms with Gasteiger partial charge in [0.25, 0.3) is 0 Å². The van der Waals surface area contributed by atoms with Gasteiger partial charge in [0.1, 0.15) is 0 Å². The summed E-state index contributed by atoms with van der Waals surface area (Å²) in [6.45, 7) is 8.85. The maximum absolute atomic E-state index is 3.17. The van der Waals surface area contributed by atoms with Crippen molar-refractivity contribution in [2.75, 3.05) is 20.0 Å². The first-order valence-corrected chi connectivity index (χ1v) is 10.1. The summed E-state index contributed by atoms with van der Waals surface area (Å²) >= 11 is 0. The Balaban J connectivity index is 0. The van der Waals surface area contributed by atoms with Crippen molar-refractivity contribution in [2.45, 2.75) is 26.2 Å². The second kappa shape index (κ2) is 20.0. The van der Waals surface area contributed by atoms with Crippen LogP contribution >= 0.6 is 7.92 Å². The number of hydrogen-bond donors (Lipinski definition) is 0. The number of allylic oxidation sites excluding steroid dienone is 2. The molecular weight excluding hydrogens is 362 g/mol. The standard InChI is InChI=1S/C7H10.2C5H5.C3H9P.Zr/c1-7-5-3-2-4-6-7;2*1-2-4-5-3-1;1-4(2)3;/h6H,2-3,5H2,1H3;2*1-5H;1-3H3;/q-2;;;;+2. The minimum atomic E-state index is 0. The monoisotopic (exact) mass is 390 g/mol. The van der Waals surface area contributed by atoms with Crippen molar-refractivity contribution in [3.05, 3.63) is 82.3 Å². The summed E-state index contributed by atoms with van der Waals surface area (Å²) in [5.74, 6) is 1.48. The van der Waals surface area contributed by atoms with E-state index in [9.17, 15) is 0 Å². The van der Waals surface area contributed by atoms with Gasteiger partial charge >= 0.3 is 26.2 Å². The Morgan fingerprint density at radius 1 is 0.773 bits per heavy atom. The maximum atomic E-state index is 3.17. The third kappa shape index (κ3) is 23.2. The van der Waals surface area contributed by atoms with E-state index in [0.29, 0.717) is 7.92 Å². The fourth-order valence-electron chi connectivity index (χ4n) is 1.43. The molecule has 0 N–H and O–H groups in total. The van der Waals surface area contributed by atoms with Gasteiger partial charge in [-0.3, -0.25) is 0 Å². The van der Waals surface area contributed by atoms with Crippen molar-refractivity contribution in [3.63, 3.8) is 0 Å². The molecule has 10 radical (unpaired) electrons. The minimum Gasteiger partial charge on any atom is -0.531 e. The van der Waals surface area contributed by atoms with Gasteiger partial charge in [0.05, 0.1) is 0 Å². The van der Waals surface area contributed by atoms with Gasteiger partial charge in [-0.15, -0.1) is 14.3 Å². The first-order chi connectivity index (χ1) is 10.1. The zero-order chi connectivity index (χ0) is 15.8. The average molecular weight is 392 g/mol. The van der Waals surface area contributed by atoms with Crippen LogP contribution in [-0.2, 0) is 26.2 Å². The smallest absolute Gasteiger partial charge is 0.531 e. The summed E-state index contributed by atoms with van der Waals surface area (Å²) in [7, 11) is 0.380. The van der Waals surface area contributed by atoms with E-state index >= 15 is 0 Å². The van der Waals surface area contributed by atoms with E-state index < -0.39 is 0 Å². The van der Waals surface area contributed by atoms with Crippen LogP contribution < -0.4 is 0 Å². The second-order valence-corrected chi connectivity index (χ2v) is 8.00. The maximum Gasteiger partial charge on any atom is 2.00 e. The van der Waals surface area contributed by atoms with E-state index in [4.69, 9.17) is 0 Å². The average Bonchev–Trinajstić information content (AvgIpc) is 3.18. The minimum absolute atomic E-state index is 0. The molecule has 0 aromatic heterocycles. The molecule has 3 aliphatic rings. The first kappa shape index (κ1) is 25.2. The van der Waals surface area contributed by atoms with E-state index in [1.54, 1.807) is 0 Å². The number of rotatable bonds is 0. The Bertz CT molecular complexity index is 190. The molecule has 0 unspecified atom stereocenters. The van der Waals surface area contributed by atoms with E-state index in [-0.39, 0.29) is 26.2 Å². The fraction of sp³-hybridized carbons (Fsp3) is 0.350. The van der Waals surface area contributed by atoms with Crippen molar-refractivity contribution >= 4 is 7.92 Å². The molecule has 0 aliphatic heterocycles. The zero-order valence-corrected chi connectivity index (χ0v) is 17.8. The second-order valence-electron chi connectivity index (χ2n) is 5.31. The summed E-state index contributed by atoms with van der Waals surface area (Å²) in [5, 5.41) is 0. The molecule has 0 saturated heterocycles. The molecule has 0 atom stereocenters. The SMILES string of the molecule is CP(C)C.C[C-]1C=[C-]CCC1.[CH]1[CH][CH][CH][CH]1.[CH]1[CH][CH][CH][CH]1.[Zr+2]. The van der Waals surface area contributed by atoms with Gasteiger partial charge < -0.3 is 18.1 Å². The Morgan fingerprint density at radius 3 is 1.23 bits per heavy atom. The molecule has 0 amide bonds. The molecule has 0 aromatic rings. The third-order valence-corrected chi connectivity index (χ3v) is 2.35. The van der Waals surface area contributed by atoms with Crippen LogP contribution in [0.5, 0.6) is 0 Å². The van der Waals surface area contributed by atoms with E-state index in [1.165, 1.54) is 18.8 Å². The molecule has 118 valence electrons. The van der Waals surface area contributed by atoms with Crippen LogP contribution in [0, 0.1) is 76.2 Å². The van der Waals surface area contributed by atoms with Crippen LogP contribution in [0.4, 0.5) is 0 Å². The molecule has 0 heterocycles. The predicted molar refractivity (Wildman–Crippen MR) is 98.3 cm³/mol. The molecule has 2 heteroatoms. The van der Waals surface area contributed by atoms with E-state index in [0.717, 1.165) is 6.42 Å². The van der Waals surface area contributed by atoms with Gasteiger partial charge in [-0.25, -0.2) is 0 Å². The van der Waals surface area contributed by atoms with Crippen LogP contribution in [0.2, 0.25) is 0 Å². The first-order valence-electron chi connectivity index (χ1n) is 7.46. The van der Waals surface area contributed by atoms with E-state index in [1.807, 2.05) is 64.2 Å². The van der Waals surface area contributed by atoms with Crippen LogP contribution in [0.3, 0.4) is 0 Å². The van der Waals surface area contributed by atoms with Crippen molar-refractivity contribution in [1.82, 2.24) is 0 Å². The molecular formula is C20H29PZr. The normalized spacial score (nSPS) is 19.0. The van der Waals surface area contributed by atoms with Gasteiger partial charge in [-0.05, 0) is 84.2 Å². The van der Waals surface area contributed by atoms with Gasteiger partial charge in [-0.2, -0.15) is 19.8 Å². The fourth-order valence-corrected chi connectivity index (χ4v) is 1.43. The van der Waals surface area contributed by atoms with Crippen molar-refractivity contribution in [2.24, 2.45) is 0 Å². The van der Waals surface area contributed by atoms with Gasteiger partial charge in [0.15, 0.2) is 0 Å². The summed E-state index contributed by atoms with van der Waals surface area (Å²) in [6, 6.07) is 0. The van der Waals surface area contributed by atoms with E-state index in [2.05, 4.69) is 39.1 Å². The van der Waals surface area contributed by atoms with Crippen LogP contribution in [0.1, 0.15) is 26.2 Å². The van der Waals surface area contributed by atoms with Crippen LogP contribution in [-0.4, -0.2) is 20.0 Å². The molecule has 0 aromatic carbocycles. The molecule has 0 nitrogen and oxygen atoms in total. The summed E-state index contributed by atoms with van der Waals surface area (Å²) in [5.41, 5.74) is 0. The van der Waals surface area contributed by atoms with Crippen molar-refractivity contribution in [3.8, 4) is 0 Å². The Hall–Kier alpha value is 0.923. The summed E-state index contributed by atoms with van der Waals surface area (Å²) in [4.78, 5) is 0. The van der Waals surface area contributed by atoms with Crippen molar-refractivity contribution in [1.29, 1.82) is 0 Å². The number of hydrogen-bond acceptors (Lipinski definition) is 0.